The molecule has 0 aliphatic carbocycles. The van der Waals surface area contributed by atoms with Crippen LogP contribution in [0.1, 0.15) is 32.7 Å². The molecule has 0 bridgehead atoms. The Balaban J connectivity index is 2.47. The highest BCUT2D eigenvalue weighted by molar-refractivity contribution is 5.98. The van der Waals surface area contributed by atoms with E-state index >= 15 is 0 Å². The second-order valence-electron chi connectivity index (χ2n) is 5.29. The first-order valence-corrected chi connectivity index (χ1v) is 7.05. The van der Waals surface area contributed by atoms with Crippen LogP contribution in [-0.2, 0) is 6.54 Å². The summed E-state index contributed by atoms with van der Waals surface area (Å²) in [5.74, 6) is 0.144. The Morgan fingerprint density at radius 3 is 2.65 bits per heavy atom. The second-order valence-corrected chi connectivity index (χ2v) is 5.29. The van der Waals surface area contributed by atoms with E-state index in [0.29, 0.717) is 22.6 Å². The van der Waals surface area contributed by atoms with Crippen molar-refractivity contribution in [3.8, 4) is 11.8 Å². The predicted octanol–water partition coefficient (Wildman–Crippen LogP) is 1.93. The number of Topliss-reactive ketones (excluding diaryl/α,β-unsaturated/α-hetero) is 1. The number of rotatable bonds is 4. The number of nitriles is 1. The normalized spacial score (nSPS) is 10.2. The van der Waals surface area contributed by atoms with Gasteiger partial charge in [-0.2, -0.15) is 10.4 Å². The standard InChI is InChI=1S/C17H17N3O3/c1-10-5-6-16(23-4)13(7-10)15(21)9-20-17(22)14(8-18)11(2)12(3)19-20/h5-7H,9H2,1-4H3. The summed E-state index contributed by atoms with van der Waals surface area (Å²) in [7, 11) is 1.48. The van der Waals surface area contributed by atoms with Crippen LogP contribution in [-0.4, -0.2) is 22.7 Å². The lowest BCUT2D eigenvalue weighted by molar-refractivity contribution is 0.0962. The van der Waals surface area contributed by atoms with Gasteiger partial charge in [0.15, 0.2) is 5.78 Å². The quantitative estimate of drug-likeness (QED) is 0.805. The number of ether oxygens (including phenoxy) is 1. The minimum absolute atomic E-state index is 0.0153. The van der Waals surface area contributed by atoms with Crippen LogP contribution >= 0.6 is 0 Å². The van der Waals surface area contributed by atoms with Gasteiger partial charge in [-0.25, -0.2) is 4.68 Å². The van der Waals surface area contributed by atoms with E-state index in [9.17, 15) is 9.59 Å². The number of hydrogen-bond acceptors (Lipinski definition) is 5. The Morgan fingerprint density at radius 2 is 2.04 bits per heavy atom. The summed E-state index contributed by atoms with van der Waals surface area (Å²) in [6.07, 6.45) is 0. The number of nitrogens with zero attached hydrogens (tertiary/aromatic N) is 3. The average Bonchev–Trinajstić information content (AvgIpc) is 2.53. The van der Waals surface area contributed by atoms with Crippen molar-refractivity contribution in [1.82, 2.24) is 9.78 Å². The van der Waals surface area contributed by atoms with Gasteiger partial charge in [0.25, 0.3) is 5.56 Å². The van der Waals surface area contributed by atoms with Gasteiger partial charge in [-0.05, 0) is 38.5 Å². The van der Waals surface area contributed by atoms with Crippen LogP contribution in [0.3, 0.4) is 0 Å². The first-order chi connectivity index (χ1) is 10.9. The predicted molar refractivity (Wildman–Crippen MR) is 84.7 cm³/mol. The molecule has 1 aromatic heterocycles. The van der Waals surface area contributed by atoms with Crippen molar-refractivity contribution in [3.63, 3.8) is 0 Å². The molecule has 0 aliphatic rings. The van der Waals surface area contributed by atoms with Crippen molar-refractivity contribution in [2.24, 2.45) is 0 Å². The SMILES string of the molecule is COc1ccc(C)cc1C(=O)Cn1nc(C)c(C)c(C#N)c1=O. The van der Waals surface area contributed by atoms with Crippen LogP contribution < -0.4 is 10.3 Å². The van der Waals surface area contributed by atoms with Crippen LogP contribution in [0.25, 0.3) is 0 Å². The van der Waals surface area contributed by atoms with Gasteiger partial charge in [0, 0.05) is 0 Å². The third kappa shape index (κ3) is 3.14. The fourth-order valence-corrected chi connectivity index (χ4v) is 2.27. The maximum Gasteiger partial charge on any atom is 0.285 e. The van der Waals surface area contributed by atoms with Gasteiger partial charge < -0.3 is 4.74 Å². The zero-order valence-corrected chi connectivity index (χ0v) is 13.5. The molecule has 0 spiro atoms. The summed E-state index contributed by atoms with van der Waals surface area (Å²) in [6.45, 7) is 4.99. The van der Waals surface area contributed by atoms with Gasteiger partial charge in [0.2, 0.25) is 0 Å². The minimum Gasteiger partial charge on any atom is -0.496 e. The van der Waals surface area contributed by atoms with Crippen LogP contribution in [0, 0.1) is 32.1 Å². The van der Waals surface area contributed by atoms with Crippen molar-refractivity contribution in [2.45, 2.75) is 27.3 Å². The molecule has 0 N–H and O–H groups in total. The number of ketones is 1. The van der Waals surface area contributed by atoms with E-state index in [2.05, 4.69) is 5.10 Å². The Kier molecular flexibility index (Phi) is 4.60. The number of carbonyl (C=O) groups excluding carboxylic acids is 1. The van der Waals surface area contributed by atoms with Crippen molar-refractivity contribution in [1.29, 1.82) is 5.26 Å². The molecule has 0 saturated heterocycles. The monoisotopic (exact) mass is 311 g/mol. The molecule has 0 atom stereocenters. The van der Waals surface area contributed by atoms with Crippen molar-refractivity contribution >= 4 is 5.78 Å². The van der Waals surface area contributed by atoms with E-state index in [-0.39, 0.29) is 17.9 Å². The molecular weight excluding hydrogens is 294 g/mol. The Labute approximate surface area is 133 Å². The van der Waals surface area contributed by atoms with Gasteiger partial charge >= 0.3 is 0 Å². The molecule has 6 heteroatoms. The van der Waals surface area contributed by atoms with E-state index in [4.69, 9.17) is 10.00 Å². The maximum atomic E-state index is 12.5. The molecule has 0 aliphatic heterocycles. The molecule has 0 radical (unpaired) electrons. The van der Waals surface area contributed by atoms with Crippen LogP contribution in [0.15, 0.2) is 23.0 Å². The second kappa shape index (κ2) is 6.44. The first-order valence-electron chi connectivity index (χ1n) is 7.05. The van der Waals surface area contributed by atoms with Gasteiger partial charge in [0.05, 0.1) is 18.4 Å². The molecule has 118 valence electrons. The summed E-state index contributed by atoms with van der Waals surface area (Å²) in [5.41, 5.74) is 1.83. The molecule has 1 heterocycles. The molecule has 0 unspecified atom stereocenters. The topological polar surface area (TPSA) is 85.0 Å². The first kappa shape index (κ1) is 16.4. The van der Waals surface area contributed by atoms with Crippen molar-refractivity contribution in [3.05, 3.63) is 56.5 Å². The summed E-state index contributed by atoms with van der Waals surface area (Å²) in [6, 6.07) is 7.13. The summed E-state index contributed by atoms with van der Waals surface area (Å²) >= 11 is 0. The molecule has 1 aromatic carbocycles. The number of methoxy groups -OCH3 is 1. The lowest BCUT2D eigenvalue weighted by Crippen LogP contribution is -2.30. The number of carbonyl (C=O) groups is 1. The van der Waals surface area contributed by atoms with Gasteiger partial charge in [0.1, 0.15) is 23.9 Å². The smallest absolute Gasteiger partial charge is 0.285 e. The van der Waals surface area contributed by atoms with Crippen molar-refractivity contribution in [2.75, 3.05) is 7.11 Å². The molecule has 6 nitrogen and oxygen atoms in total. The average molecular weight is 311 g/mol. The van der Waals surface area contributed by atoms with Crippen LogP contribution in [0.2, 0.25) is 0 Å². The van der Waals surface area contributed by atoms with Gasteiger partial charge in [-0.1, -0.05) is 11.6 Å². The number of aryl methyl sites for hydroxylation is 2. The molecule has 23 heavy (non-hydrogen) atoms. The zero-order valence-electron chi connectivity index (χ0n) is 13.5. The molecule has 0 fully saturated rings. The third-order valence-corrected chi connectivity index (χ3v) is 3.70. The Morgan fingerprint density at radius 1 is 1.35 bits per heavy atom. The Hall–Kier alpha value is -2.94. The summed E-state index contributed by atoms with van der Waals surface area (Å²) in [4.78, 5) is 24.8. The van der Waals surface area contributed by atoms with E-state index in [1.165, 1.54) is 7.11 Å². The largest absolute Gasteiger partial charge is 0.496 e. The summed E-state index contributed by atoms with van der Waals surface area (Å²) in [5, 5.41) is 13.2. The highest BCUT2D eigenvalue weighted by Gasteiger charge is 2.17. The highest BCUT2D eigenvalue weighted by atomic mass is 16.5. The fourth-order valence-electron chi connectivity index (χ4n) is 2.27. The van der Waals surface area contributed by atoms with Gasteiger partial charge in [-0.3, -0.25) is 9.59 Å². The zero-order chi connectivity index (χ0) is 17.1. The number of aromatic nitrogens is 2. The van der Waals surface area contributed by atoms with E-state index in [1.54, 1.807) is 26.0 Å². The third-order valence-electron chi connectivity index (χ3n) is 3.70. The lowest BCUT2D eigenvalue weighted by Gasteiger charge is -2.11. The minimum atomic E-state index is -0.560. The van der Waals surface area contributed by atoms with E-state index in [1.807, 2.05) is 19.1 Å². The highest BCUT2D eigenvalue weighted by Crippen LogP contribution is 2.20. The van der Waals surface area contributed by atoms with Gasteiger partial charge in [-0.15, -0.1) is 0 Å². The fraction of sp³-hybridized carbons (Fsp3) is 0.294. The molecule has 0 saturated carbocycles. The molecule has 2 rings (SSSR count). The summed E-state index contributed by atoms with van der Waals surface area (Å²) < 4.78 is 6.23. The number of benzene rings is 1. The number of hydrogen-bond donors (Lipinski definition) is 0. The molecular formula is C17H17N3O3. The van der Waals surface area contributed by atoms with Crippen molar-refractivity contribution < 1.29 is 9.53 Å². The van der Waals surface area contributed by atoms with Crippen LogP contribution in [0.4, 0.5) is 0 Å². The molecule has 2 aromatic rings. The molecule has 0 amide bonds. The lowest BCUT2D eigenvalue weighted by atomic mass is 10.1. The van der Waals surface area contributed by atoms with E-state index < -0.39 is 5.56 Å². The Bertz CT molecular complexity index is 876. The maximum absolute atomic E-state index is 12.5. The van der Waals surface area contributed by atoms with Crippen LogP contribution in [0.5, 0.6) is 5.75 Å². The van der Waals surface area contributed by atoms with E-state index in [0.717, 1.165) is 10.2 Å².